The number of hydrogen-bond acceptors (Lipinski definition) is 5. The number of carbonyl (C=O) groups excluding carboxylic acids is 2. The molecule has 3 aliphatic carbocycles. The highest BCUT2D eigenvalue weighted by atomic mass is 16.5. The second kappa shape index (κ2) is 8.94. The molecular formula is C30H42O5. The minimum atomic E-state index is -1.06. The number of esters is 2. The average Bonchev–Trinajstić information content (AvgIpc) is 3.26. The summed E-state index contributed by atoms with van der Waals surface area (Å²) in [5.41, 5.74) is -1.24. The van der Waals surface area contributed by atoms with Crippen molar-refractivity contribution in [2.75, 3.05) is 6.61 Å². The number of cyclic esters (lactones) is 1. The van der Waals surface area contributed by atoms with Crippen molar-refractivity contribution in [1.82, 2.24) is 0 Å². The first-order valence-corrected chi connectivity index (χ1v) is 13.9. The number of aliphatic hydroxyl groups is 1. The Morgan fingerprint density at radius 2 is 1.86 bits per heavy atom. The van der Waals surface area contributed by atoms with Crippen LogP contribution >= 0.6 is 0 Å². The lowest BCUT2D eigenvalue weighted by molar-refractivity contribution is -0.276. The molecule has 3 fully saturated rings. The summed E-state index contributed by atoms with van der Waals surface area (Å²) in [7, 11) is 0. The molecule has 0 amide bonds. The second-order valence-corrected chi connectivity index (χ2v) is 12.7. The van der Waals surface area contributed by atoms with Gasteiger partial charge in [-0.15, -0.1) is 5.92 Å². The van der Waals surface area contributed by atoms with E-state index in [9.17, 15) is 14.7 Å². The zero-order chi connectivity index (χ0) is 24.9. The van der Waals surface area contributed by atoms with Gasteiger partial charge in [-0.25, -0.2) is 4.79 Å². The molecule has 3 saturated carbocycles. The molecule has 5 nitrogen and oxygen atoms in total. The highest BCUT2D eigenvalue weighted by Crippen LogP contribution is 2.70. The number of hydrogen-bond donors (Lipinski definition) is 1. The number of fused-ring (bicyclic) bond motifs is 4. The molecule has 35 heavy (non-hydrogen) atoms. The molecule has 192 valence electrons. The van der Waals surface area contributed by atoms with Crippen LogP contribution < -0.4 is 0 Å². The van der Waals surface area contributed by atoms with E-state index < -0.39 is 16.4 Å². The van der Waals surface area contributed by atoms with Crippen molar-refractivity contribution in [3.63, 3.8) is 0 Å². The molecule has 0 radical (unpaired) electrons. The van der Waals surface area contributed by atoms with E-state index in [-0.39, 0.29) is 29.4 Å². The zero-order valence-electron chi connectivity index (χ0n) is 21.8. The van der Waals surface area contributed by atoms with Crippen molar-refractivity contribution in [3.05, 3.63) is 11.6 Å². The predicted molar refractivity (Wildman–Crippen MR) is 133 cm³/mol. The Morgan fingerprint density at radius 1 is 1.09 bits per heavy atom. The van der Waals surface area contributed by atoms with Gasteiger partial charge in [-0.1, -0.05) is 45.5 Å². The second-order valence-electron chi connectivity index (χ2n) is 12.7. The Hall–Kier alpha value is -1.80. The fourth-order valence-corrected chi connectivity index (χ4v) is 9.09. The van der Waals surface area contributed by atoms with E-state index in [1.54, 1.807) is 6.08 Å². The molecule has 6 atom stereocenters. The Morgan fingerprint density at radius 3 is 2.57 bits per heavy atom. The molecule has 2 bridgehead atoms. The average molecular weight is 483 g/mol. The van der Waals surface area contributed by atoms with E-state index in [4.69, 9.17) is 9.47 Å². The van der Waals surface area contributed by atoms with Gasteiger partial charge in [0.1, 0.15) is 12.7 Å². The van der Waals surface area contributed by atoms with Gasteiger partial charge in [0.25, 0.3) is 0 Å². The maximum absolute atomic E-state index is 12.9. The van der Waals surface area contributed by atoms with E-state index in [0.717, 1.165) is 24.8 Å². The van der Waals surface area contributed by atoms with Crippen LogP contribution in [-0.4, -0.2) is 35.4 Å². The highest BCUT2D eigenvalue weighted by molar-refractivity contribution is 5.85. The van der Waals surface area contributed by atoms with Gasteiger partial charge in [0.2, 0.25) is 0 Å². The first-order chi connectivity index (χ1) is 16.6. The van der Waals surface area contributed by atoms with Gasteiger partial charge in [-0.2, -0.15) is 0 Å². The minimum absolute atomic E-state index is 0.0147. The number of carbonyl (C=O) groups is 2. The number of ether oxygens (including phenoxy) is 2. The standard InChI is InChI=1S/C30H42O5/c1-27-14-8-7-12-24(31)35-23(19-27)26-28(2,22-10-5-4-6-11-22)15-9-16-29(26,3)30(27,33)17-13-21-18-25(32)34-20-21/h18,22-23,26,33H,4-7,9-13,15-17,19-20H2,1-3H3/t23-,26+,27+,28+,29+,30-/m1/s1. The molecule has 1 N–H and O–H groups in total. The summed E-state index contributed by atoms with van der Waals surface area (Å²) in [6.45, 7) is 7.11. The summed E-state index contributed by atoms with van der Waals surface area (Å²) >= 11 is 0. The lowest BCUT2D eigenvalue weighted by Gasteiger charge is -2.69. The molecule has 0 aromatic carbocycles. The predicted octanol–water partition coefficient (Wildman–Crippen LogP) is 5.49. The van der Waals surface area contributed by atoms with Gasteiger partial charge < -0.3 is 14.6 Å². The van der Waals surface area contributed by atoms with Crippen LogP contribution in [0, 0.1) is 39.9 Å². The van der Waals surface area contributed by atoms with Crippen LogP contribution in [0.5, 0.6) is 0 Å². The van der Waals surface area contributed by atoms with Crippen LogP contribution in [-0.2, 0) is 19.1 Å². The van der Waals surface area contributed by atoms with Crippen molar-refractivity contribution in [1.29, 1.82) is 0 Å². The van der Waals surface area contributed by atoms with E-state index >= 15 is 0 Å². The zero-order valence-corrected chi connectivity index (χ0v) is 21.8. The fraction of sp³-hybridized carbons (Fsp3) is 0.800. The van der Waals surface area contributed by atoms with Crippen LogP contribution in [0.3, 0.4) is 0 Å². The summed E-state index contributed by atoms with van der Waals surface area (Å²) < 4.78 is 11.5. The van der Waals surface area contributed by atoms with E-state index in [2.05, 4.69) is 32.6 Å². The number of rotatable bonds is 4. The third kappa shape index (κ3) is 3.95. The van der Waals surface area contributed by atoms with Crippen molar-refractivity contribution < 1.29 is 24.2 Å². The van der Waals surface area contributed by atoms with Gasteiger partial charge >= 0.3 is 11.9 Å². The van der Waals surface area contributed by atoms with E-state index in [0.29, 0.717) is 44.6 Å². The fourth-order valence-electron chi connectivity index (χ4n) is 9.09. The van der Waals surface area contributed by atoms with Crippen molar-refractivity contribution >= 4 is 11.9 Å². The molecule has 5 aliphatic rings. The van der Waals surface area contributed by atoms with Crippen LogP contribution in [0.4, 0.5) is 0 Å². The van der Waals surface area contributed by atoms with Crippen molar-refractivity contribution in [2.45, 2.75) is 116 Å². The molecule has 0 spiro atoms. The highest BCUT2D eigenvalue weighted by Gasteiger charge is 2.71. The maximum atomic E-state index is 12.9. The molecule has 0 saturated heterocycles. The first-order valence-electron chi connectivity index (χ1n) is 13.9. The molecule has 5 heteroatoms. The summed E-state index contributed by atoms with van der Waals surface area (Å²) in [4.78, 5) is 24.5. The van der Waals surface area contributed by atoms with Crippen LogP contribution in [0.2, 0.25) is 0 Å². The lowest BCUT2D eigenvalue weighted by atomic mass is 9.38. The SMILES string of the molecule is C[C@@]1(C2CCCCC2)CCC[C@@]2(C)[C@H]1[C@H]1C[C@](C)(C#CCCC(=O)O1)[C@]2(O)CCC1=CC(=O)OC1. The molecule has 0 aromatic heterocycles. The quantitative estimate of drug-likeness (QED) is 0.424. The Bertz CT molecular complexity index is 967. The normalized spacial score (nSPS) is 43.9. The van der Waals surface area contributed by atoms with Crippen LogP contribution in [0.25, 0.3) is 0 Å². The van der Waals surface area contributed by atoms with Crippen molar-refractivity contribution in [2.24, 2.45) is 28.1 Å². The molecule has 0 aromatic rings. The molecule has 5 rings (SSSR count). The Balaban J connectivity index is 1.60. The minimum Gasteiger partial charge on any atom is -0.462 e. The summed E-state index contributed by atoms with van der Waals surface area (Å²) in [5, 5.41) is 12.9. The van der Waals surface area contributed by atoms with E-state index in [1.165, 1.54) is 32.1 Å². The third-order valence-corrected chi connectivity index (χ3v) is 10.8. The van der Waals surface area contributed by atoms with Crippen molar-refractivity contribution in [3.8, 4) is 11.8 Å². The van der Waals surface area contributed by atoms with Gasteiger partial charge in [0.05, 0.1) is 17.4 Å². The topological polar surface area (TPSA) is 72.8 Å². The lowest BCUT2D eigenvalue weighted by Crippen LogP contribution is -2.71. The Kier molecular flexibility index (Phi) is 6.36. The summed E-state index contributed by atoms with van der Waals surface area (Å²) in [6, 6.07) is 0. The molecular weight excluding hydrogens is 440 g/mol. The maximum Gasteiger partial charge on any atom is 0.331 e. The van der Waals surface area contributed by atoms with Gasteiger partial charge in [-0.05, 0) is 62.4 Å². The molecule has 2 aliphatic heterocycles. The monoisotopic (exact) mass is 482 g/mol. The largest absolute Gasteiger partial charge is 0.462 e. The third-order valence-electron chi connectivity index (χ3n) is 10.8. The van der Waals surface area contributed by atoms with Crippen LogP contribution in [0.1, 0.15) is 104 Å². The first kappa shape index (κ1) is 24.9. The summed E-state index contributed by atoms with van der Waals surface area (Å²) in [5.74, 6) is 6.96. The van der Waals surface area contributed by atoms with E-state index in [1.807, 2.05) is 0 Å². The van der Waals surface area contributed by atoms with Gasteiger partial charge in [0, 0.05) is 30.3 Å². The molecule has 2 heterocycles. The Labute approximate surface area is 210 Å². The smallest absolute Gasteiger partial charge is 0.331 e. The van der Waals surface area contributed by atoms with Gasteiger partial charge in [-0.3, -0.25) is 4.79 Å². The summed E-state index contributed by atoms with van der Waals surface area (Å²) in [6.07, 6.45) is 13.2. The molecule has 0 unspecified atom stereocenters. The van der Waals surface area contributed by atoms with Gasteiger partial charge in [0.15, 0.2) is 0 Å². The van der Waals surface area contributed by atoms with Crippen LogP contribution in [0.15, 0.2) is 11.6 Å².